The Balaban J connectivity index is 1.22. The average Bonchev–Trinajstić information content (AvgIpc) is 3.56. The predicted molar refractivity (Wildman–Crippen MR) is 134 cm³/mol. The van der Waals surface area contributed by atoms with Crippen LogP contribution in [0.3, 0.4) is 0 Å². The van der Waals surface area contributed by atoms with Crippen molar-refractivity contribution in [3.05, 3.63) is 57.5 Å². The normalized spacial score (nSPS) is 16.5. The molecule has 0 saturated carbocycles. The van der Waals surface area contributed by atoms with Crippen LogP contribution in [0.5, 0.6) is 11.5 Å². The summed E-state index contributed by atoms with van der Waals surface area (Å²) in [5, 5.41) is 13.8. The van der Waals surface area contributed by atoms with E-state index >= 15 is 0 Å². The number of ether oxygens (including phenoxy) is 2. The Morgan fingerprint density at radius 1 is 1.00 bits per heavy atom. The lowest BCUT2D eigenvalue weighted by Gasteiger charge is -2.31. The molecule has 0 unspecified atom stereocenters. The second kappa shape index (κ2) is 9.94. The van der Waals surface area contributed by atoms with E-state index in [1.54, 1.807) is 23.1 Å². The summed E-state index contributed by atoms with van der Waals surface area (Å²) in [7, 11) is 0. The highest BCUT2D eigenvalue weighted by molar-refractivity contribution is 7.15. The Hall–Kier alpha value is -3.99. The van der Waals surface area contributed by atoms with Crippen molar-refractivity contribution in [3.8, 4) is 11.5 Å². The second-order valence-corrected chi connectivity index (χ2v) is 9.76. The summed E-state index contributed by atoms with van der Waals surface area (Å²) in [4.78, 5) is 40.3. The standard InChI is InChI=1S/C25H25N5O5S/c1-14-5-3-6-15(2)20(14)27-21(31)16-7-4-10-30(12-16)25(33)24-29-28-23(36-24)22(32)26-17-8-9-18-19(11-17)35-13-34-18/h3,5-6,8-9,11,16H,4,7,10,12-13H2,1-2H3,(H,26,32)(H,27,31)/t16-/m1/s1. The molecule has 0 aliphatic carbocycles. The van der Waals surface area contributed by atoms with E-state index in [9.17, 15) is 14.4 Å². The molecule has 2 aliphatic heterocycles. The Bertz CT molecular complexity index is 1320. The number of carbonyl (C=O) groups is 3. The lowest BCUT2D eigenvalue weighted by atomic mass is 9.96. The number of hydrogen-bond donors (Lipinski definition) is 2. The molecule has 10 nitrogen and oxygen atoms in total. The summed E-state index contributed by atoms with van der Waals surface area (Å²) in [6, 6.07) is 10.9. The number of rotatable bonds is 5. The summed E-state index contributed by atoms with van der Waals surface area (Å²) < 4.78 is 10.6. The Morgan fingerprint density at radius 3 is 2.56 bits per heavy atom. The molecule has 0 spiro atoms. The van der Waals surface area contributed by atoms with E-state index < -0.39 is 5.91 Å². The van der Waals surface area contributed by atoms with Gasteiger partial charge in [0.1, 0.15) is 0 Å². The van der Waals surface area contributed by atoms with E-state index in [2.05, 4.69) is 20.8 Å². The molecule has 3 amide bonds. The fraction of sp³-hybridized carbons (Fsp3) is 0.320. The number of carbonyl (C=O) groups excluding carboxylic acids is 3. The zero-order valence-corrected chi connectivity index (χ0v) is 20.7. The molecule has 1 atom stereocenters. The molecule has 186 valence electrons. The van der Waals surface area contributed by atoms with Crippen molar-refractivity contribution in [2.75, 3.05) is 30.5 Å². The maximum atomic E-state index is 13.1. The SMILES string of the molecule is Cc1cccc(C)c1NC(=O)[C@@H]1CCCN(C(=O)c2nnc(C(=O)Nc3ccc4c(c3)OCO4)s2)C1. The minimum Gasteiger partial charge on any atom is -0.454 e. The molecule has 1 aromatic heterocycles. The van der Waals surface area contributed by atoms with Crippen molar-refractivity contribution in [2.45, 2.75) is 26.7 Å². The number of likely N-dealkylation sites (tertiary alicyclic amines) is 1. The van der Waals surface area contributed by atoms with Crippen LogP contribution in [-0.4, -0.2) is 52.7 Å². The van der Waals surface area contributed by atoms with Gasteiger partial charge in [-0.05, 0) is 49.9 Å². The van der Waals surface area contributed by atoms with Crippen LogP contribution in [-0.2, 0) is 4.79 Å². The number of hydrogen-bond acceptors (Lipinski definition) is 8. The van der Waals surface area contributed by atoms with Crippen LogP contribution in [0.4, 0.5) is 11.4 Å². The van der Waals surface area contributed by atoms with E-state index in [-0.39, 0.29) is 41.1 Å². The number of nitrogens with one attached hydrogen (secondary N) is 2. The van der Waals surface area contributed by atoms with Crippen LogP contribution >= 0.6 is 11.3 Å². The molecule has 5 rings (SSSR count). The molecule has 0 bridgehead atoms. The molecule has 0 radical (unpaired) electrons. The Kier molecular flexibility index (Phi) is 6.55. The predicted octanol–water partition coefficient (Wildman–Crippen LogP) is 3.63. The lowest BCUT2D eigenvalue weighted by molar-refractivity contribution is -0.121. The smallest absolute Gasteiger partial charge is 0.286 e. The number of fused-ring (bicyclic) bond motifs is 1. The first kappa shape index (κ1) is 23.7. The monoisotopic (exact) mass is 507 g/mol. The third-order valence-electron chi connectivity index (χ3n) is 6.24. The van der Waals surface area contributed by atoms with Crippen molar-refractivity contribution in [3.63, 3.8) is 0 Å². The first-order valence-corrected chi connectivity index (χ1v) is 12.4. The average molecular weight is 508 g/mol. The van der Waals surface area contributed by atoms with Gasteiger partial charge in [0.2, 0.25) is 22.7 Å². The van der Waals surface area contributed by atoms with E-state index in [1.807, 2.05) is 32.0 Å². The summed E-state index contributed by atoms with van der Waals surface area (Å²) >= 11 is 0.922. The van der Waals surface area contributed by atoms with Gasteiger partial charge >= 0.3 is 0 Å². The number of benzene rings is 2. The Morgan fingerprint density at radius 2 is 1.75 bits per heavy atom. The van der Waals surface area contributed by atoms with Crippen molar-refractivity contribution >= 4 is 40.4 Å². The number of amides is 3. The number of nitrogens with zero attached hydrogens (tertiary/aromatic N) is 3. The van der Waals surface area contributed by atoms with Crippen LogP contribution in [0.25, 0.3) is 0 Å². The molecule has 1 fully saturated rings. The van der Waals surface area contributed by atoms with Crippen LogP contribution in [0.15, 0.2) is 36.4 Å². The number of aryl methyl sites for hydroxylation is 2. The van der Waals surface area contributed by atoms with Gasteiger partial charge in [-0.2, -0.15) is 0 Å². The molecule has 3 aromatic rings. The quantitative estimate of drug-likeness (QED) is 0.541. The van der Waals surface area contributed by atoms with Gasteiger partial charge in [0.15, 0.2) is 11.5 Å². The molecule has 2 N–H and O–H groups in total. The van der Waals surface area contributed by atoms with Crippen molar-refractivity contribution < 1.29 is 23.9 Å². The number of piperidine rings is 1. The molecule has 1 saturated heterocycles. The number of anilines is 2. The van der Waals surface area contributed by atoms with Gasteiger partial charge in [-0.1, -0.05) is 29.5 Å². The third kappa shape index (κ3) is 4.87. The van der Waals surface area contributed by atoms with Gasteiger partial charge in [-0.15, -0.1) is 10.2 Å². The number of aromatic nitrogens is 2. The first-order valence-electron chi connectivity index (χ1n) is 11.6. The summed E-state index contributed by atoms with van der Waals surface area (Å²) in [5.41, 5.74) is 3.31. The highest BCUT2D eigenvalue weighted by atomic mass is 32.1. The molecule has 3 heterocycles. The van der Waals surface area contributed by atoms with Gasteiger partial charge in [0.05, 0.1) is 5.92 Å². The molecular formula is C25H25N5O5S. The summed E-state index contributed by atoms with van der Waals surface area (Å²) in [5.74, 6) is -0.0926. The van der Waals surface area contributed by atoms with E-state index in [4.69, 9.17) is 9.47 Å². The first-order chi connectivity index (χ1) is 17.4. The maximum absolute atomic E-state index is 13.1. The van der Waals surface area contributed by atoms with Gasteiger partial charge in [0.25, 0.3) is 11.8 Å². The molecule has 11 heteroatoms. The summed E-state index contributed by atoms with van der Waals surface area (Å²) in [6.45, 7) is 4.85. The molecule has 2 aliphatic rings. The molecular weight excluding hydrogens is 482 g/mol. The van der Waals surface area contributed by atoms with Gasteiger partial charge in [-0.3, -0.25) is 14.4 Å². The minimum absolute atomic E-state index is 0.0670. The van der Waals surface area contributed by atoms with Gasteiger partial charge in [0, 0.05) is 30.5 Å². The highest BCUT2D eigenvalue weighted by Crippen LogP contribution is 2.34. The number of para-hydroxylation sites is 1. The van der Waals surface area contributed by atoms with Crippen LogP contribution < -0.4 is 20.1 Å². The topological polar surface area (TPSA) is 123 Å². The zero-order valence-electron chi connectivity index (χ0n) is 19.9. The van der Waals surface area contributed by atoms with Crippen molar-refractivity contribution in [1.29, 1.82) is 0 Å². The lowest BCUT2D eigenvalue weighted by Crippen LogP contribution is -2.43. The zero-order chi connectivity index (χ0) is 25.2. The van der Waals surface area contributed by atoms with Crippen LogP contribution in [0, 0.1) is 19.8 Å². The second-order valence-electron chi connectivity index (χ2n) is 8.78. The van der Waals surface area contributed by atoms with E-state index in [1.165, 1.54) is 0 Å². The Labute approximate surface area is 211 Å². The van der Waals surface area contributed by atoms with Gasteiger partial charge in [-0.25, -0.2) is 0 Å². The summed E-state index contributed by atoms with van der Waals surface area (Å²) in [6.07, 6.45) is 1.40. The van der Waals surface area contributed by atoms with Crippen LogP contribution in [0.2, 0.25) is 0 Å². The minimum atomic E-state index is -0.477. The maximum Gasteiger partial charge on any atom is 0.286 e. The largest absolute Gasteiger partial charge is 0.454 e. The van der Waals surface area contributed by atoms with Crippen LogP contribution in [0.1, 0.15) is 43.6 Å². The fourth-order valence-electron chi connectivity index (χ4n) is 4.31. The van der Waals surface area contributed by atoms with E-state index in [0.29, 0.717) is 36.6 Å². The van der Waals surface area contributed by atoms with Gasteiger partial charge < -0.3 is 25.0 Å². The van der Waals surface area contributed by atoms with E-state index in [0.717, 1.165) is 28.2 Å². The molecule has 36 heavy (non-hydrogen) atoms. The fourth-order valence-corrected chi connectivity index (χ4v) is 5.01. The van der Waals surface area contributed by atoms with Crippen molar-refractivity contribution in [2.24, 2.45) is 5.92 Å². The molecule has 2 aromatic carbocycles. The highest BCUT2D eigenvalue weighted by Gasteiger charge is 2.31. The van der Waals surface area contributed by atoms with Crippen molar-refractivity contribution in [1.82, 2.24) is 15.1 Å². The third-order valence-corrected chi connectivity index (χ3v) is 7.15.